The molecular weight excluding hydrogens is 288 g/mol. The van der Waals surface area contributed by atoms with Gasteiger partial charge in [0.15, 0.2) is 5.82 Å². The highest BCUT2D eigenvalue weighted by molar-refractivity contribution is 5.23. The van der Waals surface area contributed by atoms with Gasteiger partial charge < -0.3 is 5.32 Å². The molecule has 1 aromatic heterocycles. The topological polar surface area (TPSA) is 61.6 Å². The maximum atomic E-state index is 13.9. The molecule has 0 aliphatic carbocycles. The highest BCUT2D eigenvalue weighted by Crippen LogP contribution is 2.39. The fourth-order valence-electron chi connectivity index (χ4n) is 2.33. The van der Waals surface area contributed by atoms with Crippen molar-refractivity contribution in [1.29, 1.82) is 5.26 Å². The fraction of sp³-hybridized carbons (Fsp3) is 0.615. The molecule has 114 valence electrons. The lowest BCUT2D eigenvalue weighted by molar-refractivity contribution is -0.0820. The van der Waals surface area contributed by atoms with E-state index >= 15 is 0 Å². The van der Waals surface area contributed by atoms with Crippen molar-refractivity contribution in [2.24, 2.45) is 5.92 Å². The lowest BCUT2D eigenvalue weighted by Gasteiger charge is -2.34. The Labute approximate surface area is 119 Å². The summed E-state index contributed by atoms with van der Waals surface area (Å²) in [6, 6.07) is 1.81. The minimum Gasteiger partial charge on any atom is -0.316 e. The number of nitriles is 1. The zero-order chi connectivity index (χ0) is 15.7. The molecule has 8 heteroatoms. The van der Waals surface area contributed by atoms with E-state index < -0.39 is 29.5 Å². The van der Waals surface area contributed by atoms with Gasteiger partial charge in [-0.2, -0.15) is 14.0 Å². The van der Waals surface area contributed by atoms with E-state index in [1.807, 2.05) is 6.07 Å². The van der Waals surface area contributed by atoms with E-state index in [9.17, 15) is 22.8 Å². The van der Waals surface area contributed by atoms with Crippen LogP contribution < -0.4 is 5.32 Å². The molecule has 1 saturated heterocycles. The van der Waals surface area contributed by atoms with Gasteiger partial charge in [0.05, 0.1) is 17.9 Å². The average Bonchev–Trinajstić information content (AvgIpc) is 2.41. The molecule has 2 heterocycles. The summed E-state index contributed by atoms with van der Waals surface area (Å²) in [5.74, 6) is -9.27. The molecule has 2 atom stereocenters. The van der Waals surface area contributed by atoms with Gasteiger partial charge in [0.2, 0.25) is 0 Å². The van der Waals surface area contributed by atoms with Crippen LogP contribution in [0.15, 0.2) is 12.4 Å². The number of nitrogens with zero attached hydrogens (tertiary/aromatic N) is 3. The molecule has 0 saturated carbocycles. The van der Waals surface area contributed by atoms with Gasteiger partial charge >= 0.3 is 5.92 Å². The van der Waals surface area contributed by atoms with Crippen molar-refractivity contribution in [3.63, 3.8) is 0 Å². The summed E-state index contributed by atoms with van der Waals surface area (Å²) in [7, 11) is 0. The first-order valence-corrected chi connectivity index (χ1v) is 6.44. The second-order valence-electron chi connectivity index (χ2n) is 5.16. The molecule has 1 aliphatic rings. The Bertz CT molecular complexity index is 533. The van der Waals surface area contributed by atoms with Crippen LogP contribution in [-0.2, 0) is 5.92 Å². The predicted octanol–water partition coefficient (Wildman–Crippen LogP) is 2.44. The van der Waals surface area contributed by atoms with Crippen LogP contribution in [0.5, 0.6) is 0 Å². The molecule has 0 amide bonds. The Morgan fingerprint density at radius 3 is 2.52 bits per heavy atom. The SMILES string of the molecule is CC(F)(F)c1ncc(C(C#N)C2CNCCC2(F)F)cn1. The molecule has 1 fully saturated rings. The number of piperidine rings is 1. The van der Waals surface area contributed by atoms with Gasteiger partial charge in [-0.25, -0.2) is 18.7 Å². The molecule has 1 aromatic rings. The molecule has 0 aromatic carbocycles. The van der Waals surface area contributed by atoms with Crippen molar-refractivity contribution in [2.75, 3.05) is 13.1 Å². The normalized spacial score (nSPS) is 23.3. The van der Waals surface area contributed by atoms with Crippen LogP contribution >= 0.6 is 0 Å². The molecule has 0 bridgehead atoms. The molecule has 2 rings (SSSR count). The standard InChI is InChI=1S/C13H14F4N4/c1-12(14,15)11-20-5-8(6-21-11)9(4-18)10-7-19-3-2-13(10,16)17/h5-6,9-10,19H,2-3,7H2,1H3. The first-order valence-electron chi connectivity index (χ1n) is 6.44. The number of alkyl halides is 4. The molecule has 1 N–H and O–H groups in total. The van der Waals surface area contributed by atoms with Crippen molar-refractivity contribution in [2.45, 2.75) is 31.1 Å². The first-order chi connectivity index (χ1) is 9.75. The molecule has 21 heavy (non-hydrogen) atoms. The fourth-order valence-corrected chi connectivity index (χ4v) is 2.33. The van der Waals surface area contributed by atoms with Crippen LogP contribution in [-0.4, -0.2) is 29.0 Å². The third-order valence-electron chi connectivity index (χ3n) is 3.51. The smallest absolute Gasteiger partial charge is 0.303 e. The Morgan fingerprint density at radius 1 is 1.43 bits per heavy atom. The monoisotopic (exact) mass is 302 g/mol. The molecule has 1 aliphatic heterocycles. The van der Waals surface area contributed by atoms with Crippen molar-refractivity contribution >= 4 is 0 Å². The van der Waals surface area contributed by atoms with Crippen LogP contribution in [0.2, 0.25) is 0 Å². The predicted molar refractivity (Wildman–Crippen MR) is 65.9 cm³/mol. The maximum absolute atomic E-state index is 13.9. The Balaban J connectivity index is 2.28. The van der Waals surface area contributed by atoms with Crippen LogP contribution in [0.25, 0.3) is 0 Å². The van der Waals surface area contributed by atoms with Crippen LogP contribution in [0.4, 0.5) is 17.6 Å². The Hall–Kier alpha value is -1.75. The first kappa shape index (κ1) is 15.6. The summed E-state index contributed by atoms with van der Waals surface area (Å²) in [6.07, 6.45) is 1.69. The van der Waals surface area contributed by atoms with Gasteiger partial charge in [0, 0.05) is 44.4 Å². The third kappa shape index (κ3) is 3.29. The number of hydrogen-bond acceptors (Lipinski definition) is 4. The molecule has 2 unspecified atom stereocenters. The van der Waals surface area contributed by atoms with Crippen molar-refractivity contribution in [3.05, 3.63) is 23.8 Å². The lowest BCUT2D eigenvalue weighted by Crippen LogP contribution is -2.47. The third-order valence-corrected chi connectivity index (χ3v) is 3.51. The van der Waals surface area contributed by atoms with Gasteiger partial charge in [0.25, 0.3) is 5.92 Å². The highest BCUT2D eigenvalue weighted by atomic mass is 19.3. The summed E-state index contributed by atoms with van der Waals surface area (Å²) in [6.45, 7) is 0.805. The molecule has 4 nitrogen and oxygen atoms in total. The van der Waals surface area contributed by atoms with Crippen molar-refractivity contribution < 1.29 is 17.6 Å². The van der Waals surface area contributed by atoms with Gasteiger partial charge in [-0.15, -0.1) is 0 Å². The maximum Gasteiger partial charge on any atom is 0.303 e. The number of nitrogens with one attached hydrogen (secondary N) is 1. The van der Waals surface area contributed by atoms with E-state index in [2.05, 4.69) is 15.3 Å². The second-order valence-corrected chi connectivity index (χ2v) is 5.16. The van der Waals surface area contributed by atoms with Gasteiger partial charge in [-0.05, 0) is 0 Å². The summed E-state index contributed by atoms with van der Waals surface area (Å²) >= 11 is 0. The minimum atomic E-state index is -3.21. The van der Waals surface area contributed by atoms with Crippen LogP contribution in [0, 0.1) is 17.2 Å². The summed E-state index contributed by atoms with van der Waals surface area (Å²) < 4.78 is 53.9. The number of hydrogen-bond donors (Lipinski definition) is 1. The lowest BCUT2D eigenvalue weighted by atomic mass is 9.81. The minimum absolute atomic E-state index is 0.0169. The highest BCUT2D eigenvalue weighted by Gasteiger charge is 2.46. The summed E-state index contributed by atoms with van der Waals surface area (Å²) in [5, 5.41) is 12.0. The van der Waals surface area contributed by atoms with E-state index in [-0.39, 0.29) is 25.1 Å². The Kier molecular flexibility index (Phi) is 4.14. The Morgan fingerprint density at radius 2 is 2.05 bits per heavy atom. The van der Waals surface area contributed by atoms with Crippen molar-refractivity contribution in [1.82, 2.24) is 15.3 Å². The van der Waals surface area contributed by atoms with Crippen LogP contribution in [0.3, 0.4) is 0 Å². The van der Waals surface area contributed by atoms with E-state index in [1.165, 1.54) is 0 Å². The number of halogens is 4. The summed E-state index contributed by atoms with van der Waals surface area (Å²) in [4.78, 5) is 6.97. The quantitative estimate of drug-likeness (QED) is 0.871. The van der Waals surface area contributed by atoms with Gasteiger partial charge in [-0.1, -0.05) is 0 Å². The molecule has 0 radical (unpaired) electrons. The van der Waals surface area contributed by atoms with Gasteiger partial charge in [-0.3, -0.25) is 0 Å². The van der Waals surface area contributed by atoms with E-state index in [0.717, 1.165) is 12.4 Å². The van der Waals surface area contributed by atoms with Crippen LogP contribution in [0.1, 0.15) is 30.7 Å². The number of rotatable bonds is 3. The zero-order valence-electron chi connectivity index (χ0n) is 11.3. The molecule has 0 spiro atoms. The van der Waals surface area contributed by atoms with E-state index in [4.69, 9.17) is 0 Å². The summed E-state index contributed by atoms with van der Waals surface area (Å²) in [5.41, 5.74) is 0.124. The second kappa shape index (κ2) is 5.56. The van der Waals surface area contributed by atoms with E-state index in [1.54, 1.807) is 0 Å². The van der Waals surface area contributed by atoms with Crippen molar-refractivity contribution in [3.8, 4) is 6.07 Å². The zero-order valence-corrected chi connectivity index (χ0v) is 11.3. The largest absolute Gasteiger partial charge is 0.316 e. The average molecular weight is 302 g/mol. The van der Waals surface area contributed by atoms with E-state index in [0.29, 0.717) is 6.92 Å². The number of aromatic nitrogens is 2. The molecular formula is C13H14F4N4. The van der Waals surface area contributed by atoms with Gasteiger partial charge in [0.1, 0.15) is 0 Å².